The predicted octanol–water partition coefficient (Wildman–Crippen LogP) is 5.52. The zero-order valence-electron chi connectivity index (χ0n) is 13.3. The van der Waals surface area contributed by atoms with Crippen LogP contribution in [0.3, 0.4) is 0 Å². The highest BCUT2D eigenvalue weighted by Crippen LogP contribution is 2.61. The number of carbonyl (C=O) groups is 1. The van der Waals surface area contributed by atoms with E-state index in [1.54, 1.807) is 38.5 Å². The van der Waals surface area contributed by atoms with Crippen molar-refractivity contribution in [1.82, 2.24) is 0 Å². The van der Waals surface area contributed by atoms with Crippen molar-refractivity contribution >= 4 is 5.78 Å². The van der Waals surface area contributed by atoms with Gasteiger partial charge in [0.15, 0.2) is 0 Å². The van der Waals surface area contributed by atoms with Crippen molar-refractivity contribution in [2.45, 2.75) is 90.4 Å². The highest BCUT2D eigenvalue weighted by molar-refractivity contribution is 5.78. The number of ketones is 1. The molecule has 20 heavy (non-hydrogen) atoms. The van der Waals surface area contributed by atoms with Crippen LogP contribution in [0.15, 0.2) is 0 Å². The molecule has 0 aromatic carbocycles. The third-order valence-corrected chi connectivity index (χ3v) is 6.36. The van der Waals surface area contributed by atoms with Crippen molar-refractivity contribution in [2.75, 3.05) is 0 Å². The number of carbonyl (C=O) groups excluding carboxylic acids is 1. The SMILES string of the molecule is CCCC(=O)CCCCCC12CC3CC(CC(C3)C1)C2. The summed E-state index contributed by atoms with van der Waals surface area (Å²) < 4.78 is 0. The maximum absolute atomic E-state index is 11.5. The molecule has 0 N–H and O–H groups in total. The molecule has 1 heteroatoms. The minimum atomic E-state index is 0.488. The summed E-state index contributed by atoms with van der Waals surface area (Å²) in [6, 6.07) is 0. The fourth-order valence-corrected chi connectivity index (χ4v) is 6.00. The number of rotatable bonds is 8. The lowest BCUT2D eigenvalue weighted by Crippen LogP contribution is -2.45. The molecule has 4 saturated carbocycles. The lowest BCUT2D eigenvalue weighted by molar-refractivity contribution is -0.119. The first-order valence-corrected chi connectivity index (χ1v) is 9.21. The molecular weight excluding hydrogens is 244 g/mol. The Balaban J connectivity index is 1.37. The summed E-state index contributed by atoms with van der Waals surface area (Å²) in [5.74, 6) is 3.76. The Kier molecular flexibility index (Phi) is 4.52. The highest BCUT2D eigenvalue weighted by Gasteiger charge is 2.50. The monoisotopic (exact) mass is 276 g/mol. The number of Topliss-reactive ketones (excluding diaryl/α,β-unsaturated/α-hetero) is 1. The van der Waals surface area contributed by atoms with Crippen LogP contribution in [0.5, 0.6) is 0 Å². The molecule has 0 radical (unpaired) electrons. The lowest BCUT2D eigenvalue weighted by atomic mass is 9.48. The summed E-state index contributed by atoms with van der Waals surface area (Å²) in [5.41, 5.74) is 0.752. The van der Waals surface area contributed by atoms with E-state index in [4.69, 9.17) is 0 Å². The van der Waals surface area contributed by atoms with Gasteiger partial charge in [-0.25, -0.2) is 0 Å². The van der Waals surface area contributed by atoms with E-state index in [2.05, 4.69) is 6.92 Å². The first-order valence-electron chi connectivity index (χ1n) is 9.21. The van der Waals surface area contributed by atoms with Gasteiger partial charge in [-0.1, -0.05) is 19.8 Å². The van der Waals surface area contributed by atoms with E-state index in [0.717, 1.165) is 48.9 Å². The van der Waals surface area contributed by atoms with Gasteiger partial charge in [-0.2, -0.15) is 0 Å². The first-order chi connectivity index (χ1) is 9.69. The molecule has 0 spiro atoms. The van der Waals surface area contributed by atoms with Crippen LogP contribution in [0, 0.1) is 23.2 Å². The van der Waals surface area contributed by atoms with Crippen LogP contribution >= 0.6 is 0 Å². The molecule has 0 aromatic heterocycles. The summed E-state index contributed by atoms with van der Waals surface area (Å²) in [6.45, 7) is 2.10. The van der Waals surface area contributed by atoms with E-state index >= 15 is 0 Å². The Morgan fingerprint density at radius 1 is 0.900 bits per heavy atom. The van der Waals surface area contributed by atoms with Crippen LogP contribution in [0.4, 0.5) is 0 Å². The quantitative estimate of drug-likeness (QED) is 0.533. The van der Waals surface area contributed by atoms with E-state index in [-0.39, 0.29) is 0 Å². The molecule has 0 aliphatic heterocycles. The second-order valence-electron chi connectivity index (χ2n) is 8.27. The Morgan fingerprint density at radius 3 is 2.05 bits per heavy atom. The van der Waals surface area contributed by atoms with Gasteiger partial charge in [0.2, 0.25) is 0 Å². The highest BCUT2D eigenvalue weighted by atomic mass is 16.1. The minimum absolute atomic E-state index is 0.488. The molecular formula is C19H32O. The van der Waals surface area contributed by atoms with Gasteiger partial charge in [0.25, 0.3) is 0 Å². The molecule has 0 saturated heterocycles. The normalized spacial score (nSPS) is 38.4. The van der Waals surface area contributed by atoms with Gasteiger partial charge >= 0.3 is 0 Å². The van der Waals surface area contributed by atoms with Gasteiger partial charge in [0.05, 0.1) is 0 Å². The maximum atomic E-state index is 11.5. The molecule has 1 nitrogen and oxygen atoms in total. The average Bonchev–Trinajstić information content (AvgIpc) is 2.36. The summed E-state index contributed by atoms with van der Waals surface area (Å²) >= 11 is 0. The molecule has 4 aliphatic rings. The predicted molar refractivity (Wildman–Crippen MR) is 83.6 cm³/mol. The molecule has 114 valence electrons. The zero-order valence-corrected chi connectivity index (χ0v) is 13.3. The standard InChI is InChI=1S/C19H32O/c1-2-6-18(20)7-4-3-5-8-19-12-15-9-16(13-19)11-17(10-15)14-19/h15-17H,2-14H2,1H3. The fourth-order valence-electron chi connectivity index (χ4n) is 6.00. The van der Waals surface area contributed by atoms with Gasteiger partial charge < -0.3 is 0 Å². The average molecular weight is 276 g/mol. The van der Waals surface area contributed by atoms with Crippen LogP contribution in [0.1, 0.15) is 90.4 Å². The van der Waals surface area contributed by atoms with Crippen LogP contribution in [0.25, 0.3) is 0 Å². The van der Waals surface area contributed by atoms with Gasteiger partial charge in [-0.3, -0.25) is 4.79 Å². The maximum Gasteiger partial charge on any atom is 0.132 e. The van der Waals surface area contributed by atoms with Gasteiger partial charge in [0.1, 0.15) is 5.78 Å². The molecule has 0 unspecified atom stereocenters. The molecule has 4 fully saturated rings. The summed E-state index contributed by atoms with van der Waals surface area (Å²) in [5, 5.41) is 0. The molecule has 0 aromatic rings. The van der Waals surface area contributed by atoms with Crippen molar-refractivity contribution in [3.8, 4) is 0 Å². The molecule has 0 heterocycles. The zero-order chi connectivity index (χ0) is 14.0. The second kappa shape index (κ2) is 6.20. The van der Waals surface area contributed by atoms with Crippen molar-refractivity contribution in [1.29, 1.82) is 0 Å². The smallest absolute Gasteiger partial charge is 0.132 e. The third kappa shape index (κ3) is 3.28. The van der Waals surface area contributed by atoms with Gasteiger partial charge in [0, 0.05) is 12.8 Å². The minimum Gasteiger partial charge on any atom is -0.300 e. The molecule has 0 amide bonds. The van der Waals surface area contributed by atoms with Crippen LogP contribution < -0.4 is 0 Å². The molecule has 4 rings (SSSR count). The Morgan fingerprint density at radius 2 is 1.50 bits per heavy atom. The molecule has 4 aliphatic carbocycles. The van der Waals surface area contributed by atoms with Crippen LogP contribution in [-0.4, -0.2) is 5.78 Å². The van der Waals surface area contributed by atoms with E-state index in [9.17, 15) is 4.79 Å². The summed E-state index contributed by atoms with van der Waals surface area (Å²) in [7, 11) is 0. The Bertz CT molecular complexity index is 308. The lowest BCUT2D eigenvalue weighted by Gasteiger charge is -2.57. The Labute approximate surface area is 124 Å². The van der Waals surface area contributed by atoms with Crippen molar-refractivity contribution in [2.24, 2.45) is 23.2 Å². The first kappa shape index (κ1) is 14.6. The van der Waals surface area contributed by atoms with E-state index < -0.39 is 0 Å². The second-order valence-corrected chi connectivity index (χ2v) is 8.27. The topological polar surface area (TPSA) is 17.1 Å². The third-order valence-electron chi connectivity index (χ3n) is 6.36. The van der Waals surface area contributed by atoms with Crippen molar-refractivity contribution in [3.63, 3.8) is 0 Å². The van der Waals surface area contributed by atoms with Crippen LogP contribution in [0.2, 0.25) is 0 Å². The van der Waals surface area contributed by atoms with Gasteiger partial charge in [-0.15, -0.1) is 0 Å². The van der Waals surface area contributed by atoms with Gasteiger partial charge in [-0.05, 0) is 81.0 Å². The van der Waals surface area contributed by atoms with E-state index in [0.29, 0.717) is 5.78 Å². The number of unbranched alkanes of at least 4 members (excludes halogenated alkanes) is 2. The largest absolute Gasteiger partial charge is 0.300 e. The summed E-state index contributed by atoms with van der Waals surface area (Å²) in [6.07, 6.45) is 17.3. The van der Waals surface area contributed by atoms with Crippen LogP contribution in [-0.2, 0) is 4.79 Å². The molecule has 0 atom stereocenters. The van der Waals surface area contributed by atoms with Crippen molar-refractivity contribution < 1.29 is 4.79 Å². The number of hydrogen-bond donors (Lipinski definition) is 0. The summed E-state index contributed by atoms with van der Waals surface area (Å²) in [4.78, 5) is 11.5. The van der Waals surface area contributed by atoms with E-state index in [1.807, 2.05) is 0 Å². The van der Waals surface area contributed by atoms with Crippen molar-refractivity contribution in [3.05, 3.63) is 0 Å². The molecule has 4 bridgehead atoms. The fraction of sp³-hybridized carbons (Fsp3) is 0.947. The Hall–Kier alpha value is -0.330. The number of hydrogen-bond acceptors (Lipinski definition) is 1. The van der Waals surface area contributed by atoms with E-state index in [1.165, 1.54) is 19.3 Å².